The second kappa shape index (κ2) is 5.28. The predicted octanol–water partition coefficient (Wildman–Crippen LogP) is 3.01. The third-order valence-corrected chi connectivity index (χ3v) is 5.54. The Bertz CT molecular complexity index is 734. The van der Waals surface area contributed by atoms with E-state index < -0.39 is 10.0 Å². The lowest BCUT2D eigenvalue weighted by Crippen LogP contribution is -2.32. The summed E-state index contributed by atoms with van der Waals surface area (Å²) in [5.41, 5.74) is 2.15. The van der Waals surface area contributed by atoms with Crippen LogP contribution in [0.5, 0.6) is 0 Å². The minimum atomic E-state index is -3.43. The number of rotatable bonds is 5. The Balaban J connectivity index is 1.76. The van der Waals surface area contributed by atoms with Gasteiger partial charge < -0.3 is 0 Å². The van der Waals surface area contributed by atoms with Crippen LogP contribution in [0.4, 0.5) is 0 Å². The minimum absolute atomic E-state index is 0.0157. The van der Waals surface area contributed by atoms with Gasteiger partial charge in [0.15, 0.2) is 0 Å². The van der Waals surface area contributed by atoms with Gasteiger partial charge in [0, 0.05) is 12.0 Å². The average molecular weight is 301 g/mol. The molecule has 0 aliphatic heterocycles. The molecule has 1 aliphatic rings. The van der Waals surface area contributed by atoms with Gasteiger partial charge in [-0.15, -0.1) is 0 Å². The van der Waals surface area contributed by atoms with Crippen molar-refractivity contribution in [2.24, 2.45) is 0 Å². The molecule has 3 nitrogen and oxygen atoms in total. The molecule has 0 spiro atoms. The normalized spacial score (nSPS) is 16.6. The van der Waals surface area contributed by atoms with Crippen molar-refractivity contribution in [1.29, 1.82) is 0 Å². The molecule has 1 N–H and O–H groups in total. The summed E-state index contributed by atoms with van der Waals surface area (Å²) in [7, 11) is -3.43. The fourth-order valence-electron chi connectivity index (χ4n) is 2.61. The van der Waals surface area contributed by atoms with Crippen molar-refractivity contribution < 1.29 is 8.42 Å². The number of aryl methyl sites for hydroxylation is 1. The van der Waals surface area contributed by atoms with E-state index in [1.807, 2.05) is 31.2 Å². The first-order valence-corrected chi connectivity index (χ1v) is 8.62. The Hall–Kier alpha value is -1.65. The number of benzene rings is 2. The van der Waals surface area contributed by atoms with E-state index in [9.17, 15) is 8.42 Å². The van der Waals surface area contributed by atoms with Gasteiger partial charge in [0.05, 0.1) is 4.90 Å². The van der Waals surface area contributed by atoms with Crippen molar-refractivity contribution in [3.63, 3.8) is 0 Å². The summed E-state index contributed by atoms with van der Waals surface area (Å²) < 4.78 is 27.5. The molecule has 21 heavy (non-hydrogen) atoms. The molecule has 0 bridgehead atoms. The Kier molecular flexibility index (Phi) is 3.59. The van der Waals surface area contributed by atoms with Crippen molar-refractivity contribution >= 4 is 10.0 Å². The molecular formula is C17H19NO2S. The lowest BCUT2D eigenvalue weighted by atomic mass is 9.96. The van der Waals surface area contributed by atoms with Crippen molar-refractivity contribution in [3.05, 3.63) is 65.7 Å². The Morgan fingerprint density at radius 3 is 2.38 bits per heavy atom. The predicted molar refractivity (Wildman–Crippen MR) is 83.7 cm³/mol. The van der Waals surface area contributed by atoms with Gasteiger partial charge in [-0.2, -0.15) is 0 Å². The van der Waals surface area contributed by atoms with E-state index in [-0.39, 0.29) is 5.41 Å². The molecule has 0 atom stereocenters. The van der Waals surface area contributed by atoms with E-state index in [0.717, 1.165) is 18.4 Å². The largest absolute Gasteiger partial charge is 0.240 e. The first kappa shape index (κ1) is 14.3. The van der Waals surface area contributed by atoms with Gasteiger partial charge in [-0.05, 0) is 43.0 Å². The number of hydrogen-bond acceptors (Lipinski definition) is 2. The van der Waals surface area contributed by atoms with E-state index in [0.29, 0.717) is 11.4 Å². The zero-order valence-corrected chi connectivity index (χ0v) is 12.9. The third-order valence-electron chi connectivity index (χ3n) is 4.14. The minimum Gasteiger partial charge on any atom is -0.210 e. The molecule has 0 saturated heterocycles. The maximum absolute atomic E-state index is 12.4. The Morgan fingerprint density at radius 2 is 1.76 bits per heavy atom. The first-order valence-electron chi connectivity index (χ1n) is 7.14. The molecule has 3 rings (SSSR count). The highest BCUT2D eigenvalue weighted by Gasteiger charge is 2.44. The summed E-state index contributed by atoms with van der Waals surface area (Å²) in [6.45, 7) is 2.36. The van der Waals surface area contributed by atoms with Crippen LogP contribution < -0.4 is 4.72 Å². The molecular weight excluding hydrogens is 282 g/mol. The zero-order valence-electron chi connectivity index (χ0n) is 12.0. The van der Waals surface area contributed by atoms with Crippen LogP contribution in [-0.4, -0.2) is 15.0 Å². The van der Waals surface area contributed by atoms with Crippen molar-refractivity contribution in [1.82, 2.24) is 4.72 Å². The molecule has 1 aliphatic carbocycles. The smallest absolute Gasteiger partial charge is 0.210 e. The first-order chi connectivity index (χ1) is 10.0. The van der Waals surface area contributed by atoms with Crippen LogP contribution in [0.3, 0.4) is 0 Å². The van der Waals surface area contributed by atoms with E-state index >= 15 is 0 Å². The fourth-order valence-corrected chi connectivity index (χ4v) is 3.84. The van der Waals surface area contributed by atoms with E-state index in [2.05, 4.69) is 16.9 Å². The van der Waals surface area contributed by atoms with Crippen LogP contribution in [0.2, 0.25) is 0 Å². The highest BCUT2D eigenvalue weighted by molar-refractivity contribution is 7.89. The molecule has 0 amide bonds. The maximum Gasteiger partial charge on any atom is 0.240 e. The van der Waals surface area contributed by atoms with Crippen LogP contribution >= 0.6 is 0 Å². The molecule has 0 radical (unpaired) electrons. The fraction of sp³-hybridized carbons (Fsp3) is 0.294. The topological polar surface area (TPSA) is 46.2 Å². The zero-order chi connectivity index (χ0) is 14.9. The molecule has 110 valence electrons. The van der Waals surface area contributed by atoms with Crippen LogP contribution in [0.1, 0.15) is 24.0 Å². The van der Waals surface area contributed by atoms with Crippen LogP contribution in [0.15, 0.2) is 59.5 Å². The van der Waals surface area contributed by atoms with Gasteiger partial charge in [0.2, 0.25) is 10.0 Å². The van der Waals surface area contributed by atoms with Crippen LogP contribution in [-0.2, 0) is 15.4 Å². The third kappa shape index (κ3) is 3.01. The second-order valence-electron chi connectivity index (χ2n) is 5.79. The summed E-state index contributed by atoms with van der Waals surface area (Å²) in [6, 6.07) is 17.1. The van der Waals surface area contributed by atoms with Crippen molar-refractivity contribution in [2.45, 2.75) is 30.1 Å². The molecule has 2 aromatic rings. The van der Waals surface area contributed by atoms with Gasteiger partial charge in [-0.3, -0.25) is 0 Å². The summed E-state index contributed by atoms with van der Waals surface area (Å²) in [5.74, 6) is 0. The van der Waals surface area contributed by atoms with Gasteiger partial charge in [-0.1, -0.05) is 42.5 Å². The second-order valence-corrected chi connectivity index (χ2v) is 7.55. The van der Waals surface area contributed by atoms with E-state index in [4.69, 9.17) is 0 Å². The lowest BCUT2D eigenvalue weighted by Gasteiger charge is -2.16. The molecule has 1 saturated carbocycles. The molecule has 1 fully saturated rings. The summed E-state index contributed by atoms with van der Waals surface area (Å²) >= 11 is 0. The monoisotopic (exact) mass is 301 g/mol. The van der Waals surface area contributed by atoms with Gasteiger partial charge in [-0.25, -0.2) is 13.1 Å². The molecule has 2 aromatic carbocycles. The summed E-state index contributed by atoms with van der Waals surface area (Å²) in [4.78, 5) is 0.339. The molecule has 4 heteroatoms. The highest BCUT2D eigenvalue weighted by atomic mass is 32.2. The SMILES string of the molecule is Cc1cccc(S(=O)(=O)NCC2(c3ccccc3)CC2)c1. The molecule has 0 unspecified atom stereocenters. The molecule has 0 heterocycles. The van der Waals surface area contributed by atoms with Crippen molar-refractivity contribution in [3.8, 4) is 0 Å². The average Bonchev–Trinajstić information content (AvgIpc) is 3.28. The highest BCUT2D eigenvalue weighted by Crippen LogP contribution is 2.47. The number of hydrogen-bond donors (Lipinski definition) is 1. The number of nitrogens with one attached hydrogen (secondary N) is 1. The van der Waals surface area contributed by atoms with Crippen LogP contribution in [0.25, 0.3) is 0 Å². The maximum atomic E-state index is 12.4. The van der Waals surface area contributed by atoms with Gasteiger partial charge in [0.1, 0.15) is 0 Å². The van der Waals surface area contributed by atoms with Crippen molar-refractivity contribution in [2.75, 3.05) is 6.54 Å². The lowest BCUT2D eigenvalue weighted by molar-refractivity contribution is 0.567. The summed E-state index contributed by atoms with van der Waals surface area (Å²) in [6.07, 6.45) is 2.07. The van der Waals surface area contributed by atoms with Crippen LogP contribution in [0, 0.1) is 6.92 Å². The van der Waals surface area contributed by atoms with E-state index in [1.54, 1.807) is 18.2 Å². The van der Waals surface area contributed by atoms with Gasteiger partial charge in [0.25, 0.3) is 0 Å². The number of sulfonamides is 1. The van der Waals surface area contributed by atoms with E-state index in [1.165, 1.54) is 5.56 Å². The standard InChI is InChI=1S/C17H19NO2S/c1-14-6-5-9-16(12-14)21(19,20)18-13-17(10-11-17)15-7-3-2-4-8-15/h2-9,12,18H,10-11,13H2,1H3. The Morgan fingerprint density at radius 1 is 1.05 bits per heavy atom. The summed E-state index contributed by atoms with van der Waals surface area (Å²) in [5, 5.41) is 0. The molecule has 0 aromatic heterocycles. The van der Waals surface area contributed by atoms with Gasteiger partial charge >= 0.3 is 0 Å². The quantitative estimate of drug-likeness (QED) is 0.923. The Labute approximate surface area is 126 Å².